The number of fused-ring (bicyclic) bond motifs is 6. The number of imide groups is 1. The smallest absolute Gasteiger partial charge is 0.339 e. The summed E-state index contributed by atoms with van der Waals surface area (Å²) in [5, 5.41) is 1.04. The van der Waals surface area contributed by atoms with Crippen molar-refractivity contribution in [2.45, 2.75) is 26.2 Å². The lowest BCUT2D eigenvalue weighted by Gasteiger charge is -2.19. The van der Waals surface area contributed by atoms with E-state index in [0.717, 1.165) is 19.3 Å². The van der Waals surface area contributed by atoms with Crippen molar-refractivity contribution in [2.75, 3.05) is 18.6 Å². The highest BCUT2D eigenvalue weighted by Gasteiger charge is 2.61. The molecule has 9 heteroatoms. The lowest BCUT2D eigenvalue weighted by molar-refractivity contribution is -0.123. The Labute approximate surface area is 258 Å². The highest BCUT2D eigenvalue weighted by atomic mass is 35.5. The van der Waals surface area contributed by atoms with E-state index in [1.54, 1.807) is 66.7 Å². The first kappa shape index (κ1) is 28.2. The molecule has 1 aliphatic heterocycles. The number of hydrogen-bond donors (Lipinski definition) is 0. The fourth-order valence-electron chi connectivity index (χ4n) is 7.23. The van der Waals surface area contributed by atoms with Crippen LogP contribution in [0.25, 0.3) is 22.2 Å². The molecule has 7 rings (SSSR count). The quantitative estimate of drug-likeness (QED) is 0.135. The topological polar surface area (TPSA) is 103 Å². The van der Waals surface area contributed by atoms with Crippen molar-refractivity contribution in [3.05, 3.63) is 88.4 Å². The van der Waals surface area contributed by atoms with Gasteiger partial charge in [0.15, 0.2) is 12.4 Å². The van der Waals surface area contributed by atoms with Gasteiger partial charge >= 0.3 is 5.97 Å². The maximum absolute atomic E-state index is 13.4. The Morgan fingerprint density at radius 2 is 1.59 bits per heavy atom. The fourth-order valence-corrected chi connectivity index (χ4v) is 7.39. The van der Waals surface area contributed by atoms with Crippen LogP contribution in [0.2, 0.25) is 5.02 Å². The summed E-state index contributed by atoms with van der Waals surface area (Å²) in [6.45, 7) is 1.38. The van der Waals surface area contributed by atoms with E-state index in [-0.39, 0.29) is 35.0 Å². The number of halogens is 1. The van der Waals surface area contributed by atoms with Gasteiger partial charge in [0.25, 0.3) is 0 Å². The third-order valence-corrected chi connectivity index (χ3v) is 9.89. The molecular formula is C35H29ClN2O6. The van der Waals surface area contributed by atoms with Gasteiger partial charge in [-0.3, -0.25) is 19.3 Å². The largest absolute Gasteiger partial charge is 0.497 e. The molecule has 4 atom stereocenters. The van der Waals surface area contributed by atoms with E-state index in [2.05, 4.69) is 0 Å². The third kappa shape index (κ3) is 4.56. The number of amides is 2. The van der Waals surface area contributed by atoms with Gasteiger partial charge in [0.05, 0.1) is 41.4 Å². The first-order chi connectivity index (χ1) is 21.2. The van der Waals surface area contributed by atoms with Crippen molar-refractivity contribution in [2.24, 2.45) is 23.7 Å². The standard InChI is InChI=1S/C35H29ClN2O6/c1-18-27(36)14-13-25-26(35(42)44-17-29(39)20-7-11-24(43-2)12-8-20)16-28(37-32(18)25)19-5-9-23(10-6-19)38-33(40)30-21-3-4-22(15-21)31(30)34(38)41/h5-14,16,21-22,30-31H,3-4,15,17H2,1-2H3. The minimum atomic E-state index is -0.673. The van der Waals surface area contributed by atoms with Crippen LogP contribution in [-0.4, -0.2) is 42.3 Å². The van der Waals surface area contributed by atoms with Gasteiger partial charge < -0.3 is 9.47 Å². The van der Waals surface area contributed by atoms with Gasteiger partial charge in [-0.1, -0.05) is 29.8 Å². The molecule has 222 valence electrons. The number of pyridine rings is 1. The van der Waals surface area contributed by atoms with E-state index in [1.807, 2.05) is 6.92 Å². The number of carbonyl (C=O) groups is 4. The summed E-state index contributed by atoms with van der Waals surface area (Å²) >= 11 is 6.42. The zero-order valence-corrected chi connectivity index (χ0v) is 25.0. The lowest BCUT2D eigenvalue weighted by Crippen LogP contribution is -2.32. The number of benzene rings is 3. The molecule has 0 radical (unpaired) electrons. The summed E-state index contributed by atoms with van der Waals surface area (Å²) in [5.41, 5.74) is 3.56. The SMILES string of the molecule is COc1ccc(C(=O)COC(=O)c2cc(-c3ccc(N4C(=O)C5C6CCC(C6)C5C4=O)cc3)nc3c(C)c(Cl)ccc23)cc1. The second kappa shape index (κ2) is 10.9. The average molecular weight is 609 g/mol. The van der Waals surface area contributed by atoms with Gasteiger partial charge in [-0.2, -0.15) is 0 Å². The normalized spacial score (nSPS) is 22.0. The van der Waals surface area contributed by atoms with Gasteiger partial charge in [-0.05, 0) is 92.1 Å². The van der Waals surface area contributed by atoms with Crippen LogP contribution in [0.5, 0.6) is 5.75 Å². The number of hydrogen-bond acceptors (Lipinski definition) is 7. The Morgan fingerprint density at radius 1 is 0.932 bits per heavy atom. The first-order valence-electron chi connectivity index (χ1n) is 14.7. The number of methoxy groups -OCH3 is 1. The number of carbonyl (C=O) groups excluding carboxylic acids is 4. The minimum Gasteiger partial charge on any atom is -0.497 e. The highest BCUT2D eigenvalue weighted by Crippen LogP contribution is 2.56. The van der Waals surface area contributed by atoms with Crippen molar-refractivity contribution >= 4 is 51.8 Å². The second-order valence-corrected chi connectivity index (χ2v) is 12.2. The van der Waals surface area contributed by atoms with E-state index in [4.69, 9.17) is 26.1 Å². The molecule has 0 spiro atoms. The number of ether oxygens (including phenoxy) is 2. The van der Waals surface area contributed by atoms with Gasteiger partial charge in [-0.25, -0.2) is 9.78 Å². The van der Waals surface area contributed by atoms with Crippen LogP contribution in [0.3, 0.4) is 0 Å². The third-order valence-electron chi connectivity index (χ3n) is 9.48. The maximum Gasteiger partial charge on any atom is 0.339 e. The molecule has 3 aromatic carbocycles. The molecule has 8 nitrogen and oxygen atoms in total. The first-order valence-corrected chi connectivity index (χ1v) is 15.1. The predicted molar refractivity (Wildman–Crippen MR) is 165 cm³/mol. The van der Waals surface area contributed by atoms with Crippen molar-refractivity contribution in [1.82, 2.24) is 4.98 Å². The van der Waals surface area contributed by atoms with Gasteiger partial charge in [-0.15, -0.1) is 0 Å². The lowest BCUT2D eigenvalue weighted by atomic mass is 9.81. The molecule has 44 heavy (non-hydrogen) atoms. The van der Waals surface area contributed by atoms with Crippen molar-refractivity contribution in [3.63, 3.8) is 0 Å². The molecule has 2 heterocycles. The van der Waals surface area contributed by atoms with Crippen LogP contribution in [0, 0.1) is 30.6 Å². The Hall–Kier alpha value is -4.56. The van der Waals surface area contributed by atoms with Crippen LogP contribution in [0.1, 0.15) is 45.5 Å². The Morgan fingerprint density at radius 3 is 2.23 bits per heavy atom. The number of nitrogens with zero attached hydrogens (tertiary/aromatic N) is 2. The molecule has 1 aromatic heterocycles. The number of aromatic nitrogens is 1. The van der Waals surface area contributed by atoms with Crippen LogP contribution in [0.15, 0.2) is 66.7 Å². The van der Waals surface area contributed by atoms with Crippen LogP contribution in [0.4, 0.5) is 5.69 Å². The van der Waals surface area contributed by atoms with Crippen molar-refractivity contribution in [3.8, 4) is 17.0 Å². The minimum absolute atomic E-state index is 0.0942. The van der Waals surface area contributed by atoms with E-state index in [0.29, 0.717) is 61.6 Å². The van der Waals surface area contributed by atoms with Crippen LogP contribution in [-0.2, 0) is 14.3 Å². The number of Topliss-reactive ketones (excluding diaryl/α,β-unsaturated/α-hetero) is 1. The summed E-state index contributed by atoms with van der Waals surface area (Å²) in [7, 11) is 1.54. The second-order valence-electron chi connectivity index (χ2n) is 11.8. The molecule has 2 aliphatic carbocycles. The maximum atomic E-state index is 13.4. The summed E-state index contributed by atoms with van der Waals surface area (Å²) in [4.78, 5) is 58.9. The number of ketones is 1. The summed E-state index contributed by atoms with van der Waals surface area (Å²) < 4.78 is 10.6. The molecule has 3 fully saturated rings. The molecule has 2 saturated carbocycles. The Kier molecular flexibility index (Phi) is 6.97. The van der Waals surface area contributed by atoms with Gasteiger partial charge in [0.1, 0.15) is 5.75 Å². The Bertz CT molecular complexity index is 1820. The summed E-state index contributed by atoms with van der Waals surface area (Å²) in [6.07, 6.45) is 3.03. The monoisotopic (exact) mass is 608 g/mol. The number of esters is 1. The molecule has 0 N–H and O–H groups in total. The van der Waals surface area contributed by atoms with Crippen LogP contribution >= 0.6 is 11.6 Å². The van der Waals surface area contributed by atoms with Crippen molar-refractivity contribution < 1.29 is 28.7 Å². The summed E-state index contributed by atoms with van der Waals surface area (Å²) in [6, 6.07) is 18.7. The summed E-state index contributed by atoms with van der Waals surface area (Å²) in [5.74, 6) is -0.358. The van der Waals surface area contributed by atoms with Crippen molar-refractivity contribution in [1.29, 1.82) is 0 Å². The molecule has 1 saturated heterocycles. The highest BCUT2D eigenvalue weighted by molar-refractivity contribution is 6.32. The van der Waals surface area contributed by atoms with E-state index < -0.39 is 12.6 Å². The average Bonchev–Trinajstić information content (AvgIpc) is 3.74. The molecule has 3 aliphatic rings. The Balaban J connectivity index is 1.17. The predicted octanol–water partition coefficient (Wildman–Crippen LogP) is 6.45. The molecule has 4 aromatic rings. The van der Waals surface area contributed by atoms with Gasteiger partial charge in [0, 0.05) is 21.5 Å². The molecular weight excluding hydrogens is 580 g/mol. The van der Waals surface area contributed by atoms with E-state index in [1.165, 1.54) is 12.0 Å². The molecule has 2 amide bonds. The van der Waals surface area contributed by atoms with Crippen LogP contribution < -0.4 is 9.64 Å². The zero-order chi connectivity index (χ0) is 30.7. The number of aryl methyl sites for hydroxylation is 1. The zero-order valence-electron chi connectivity index (χ0n) is 24.2. The fraction of sp³-hybridized carbons (Fsp3) is 0.286. The molecule has 4 unspecified atom stereocenters. The van der Waals surface area contributed by atoms with Gasteiger partial charge in [0.2, 0.25) is 11.8 Å². The molecule has 2 bridgehead atoms. The number of rotatable bonds is 7. The van der Waals surface area contributed by atoms with E-state index >= 15 is 0 Å². The van der Waals surface area contributed by atoms with E-state index in [9.17, 15) is 19.2 Å². The number of anilines is 1.